The number of amides is 2. The van der Waals surface area contributed by atoms with Gasteiger partial charge in [0.1, 0.15) is 6.26 Å². The zero-order valence-corrected chi connectivity index (χ0v) is 17.1. The van der Waals surface area contributed by atoms with Gasteiger partial charge in [-0.3, -0.25) is 14.5 Å². The van der Waals surface area contributed by atoms with Gasteiger partial charge in [-0.25, -0.2) is 4.98 Å². The molecular weight excluding hydrogens is 368 g/mol. The number of carbonyl (C=O) groups excluding carboxylic acids is 2. The second-order valence-electron chi connectivity index (χ2n) is 8.05. The van der Waals surface area contributed by atoms with Crippen molar-refractivity contribution in [2.24, 2.45) is 0 Å². The van der Waals surface area contributed by atoms with Crippen LogP contribution in [0.3, 0.4) is 0 Å². The van der Waals surface area contributed by atoms with Gasteiger partial charge >= 0.3 is 0 Å². The molecule has 4 rings (SSSR count). The Balaban J connectivity index is 1.37. The minimum Gasteiger partial charge on any atom is -0.447 e. The molecular formula is C22H28N4O3. The number of aryl methyl sites for hydroxylation is 1. The molecule has 1 saturated heterocycles. The van der Waals surface area contributed by atoms with Crippen molar-refractivity contribution >= 4 is 11.8 Å². The minimum absolute atomic E-state index is 0.0506. The number of oxazole rings is 1. The lowest BCUT2D eigenvalue weighted by molar-refractivity contribution is -0.130. The zero-order valence-electron chi connectivity index (χ0n) is 17.1. The Morgan fingerprint density at radius 2 is 1.86 bits per heavy atom. The Kier molecular flexibility index (Phi) is 5.67. The lowest BCUT2D eigenvalue weighted by Crippen LogP contribution is -2.50. The first kappa shape index (κ1) is 19.6. The van der Waals surface area contributed by atoms with Gasteiger partial charge in [-0.2, -0.15) is 0 Å². The predicted molar refractivity (Wildman–Crippen MR) is 108 cm³/mol. The monoisotopic (exact) mass is 396 g/mol. The van der Waals surface area contributed by atoms with E-state index < -0.39 is 0 Å². The molecule has 1 aromatic carbocycles. The zero-order chi connectivity index (χ0) is 20.4. The van der Waals surface area contributed by atoms with Gasteiger partial charge in [0.2, 0.25) is 11.8 Å². The fourth-order valence-electron chi connectivity index (χ4n) is 3.84. The molecule has 154 valence electrons. The first-order valence-corrected chi connectivity index (χ1v) is 10.3. The molecule has 0 bridgehead atoms. The number of hydrogen-bond acceptors (Lipinski definition) is 5. The summed E-state index contributed by atoms with van der Waals surface area (Å²) in [6, 6.07) is 9.10. The normalized spacial score (nSPS) is 17.1. The molecule has 29 heavy (non-hydrogen) atoms. The van der Waals surface area contributed by atoms with Gasteiger partial charge in [0.05, 0.1) is 6.54 Å². The fourth-order valence-corrected chi connectivity index (χ4v) is 3.84. The number of carbonyl (C=O) groups is 2. The highest BCUT2D eigenvalue weighted by Crippen LogP contribution is 2.30. The summed E-state index contributed by atoms with van der Waals surface area (Å²) in [6.45, 7) is 7.31. The summed E-state index contributed by atoms with van der Waals surface area (Å²) in [5.74, 6) is 0.504. The van der Waals surface area contributed by atoms with Crippen LogP contribution in [0.15, 0.2) is 34.9 Å². The summed E-state index contributed by atoms with van der Waals surface area (Å²) in [5.41, 5.74) is 2.89. The highest BCUT2D eigenvalue weighted by Gasteiger charge is 2.31. The smallest absolute Gasteiger partial charge is 0.275 e. The van der Waals surface area contributed by atoms with Crippen molar-refractivity contribution in [1.29, 1.82) is 0 Å². The van der Waals surface area contributed by atoms with Crippen LogP contribution < -0.4 is 0 Å². The van der Waals surface area contributed by atoms with Gasteiger partial charge in [0.25, 0.3) is 5.91 Å². The van der Waals surface area contributed by atoms with E-state index in [4.69, 9.17) is 4.42 Å². The minimum atomic E-state index is -0.125. The van der Waals surface area contributed by atoms with E-state index in [1.54, 1.807) is 16.7 Å². The van der Waals surface area contributed by atoms with Crippen molar-refractivity contribution < 1.29 is 14.0 Å². The number of piperazine rings is 1. The van der Waals surface area contributed by atoms with Gasteiger partial charge in [-0.15, -0.1) is 0 Å². The lowest BCUT2D eigenvalue weighted by atomic mass is 10.1. The van der Waals surface area contributed by atoms with E-state index in [0.717, 1.165) is 6.54 Å². The van der Waals surface area contributed by atoms with Crippen LogP contribution >= 0.6 is 0 Å². The maximum Gasteiger partial charge on any atom is 0.275 e. The predicted octanol–water partition coefficient (Wildman–Crippen LogP) is 2.45. The largest absolute Gasteiger partial charge is 0.447 e. The molecule has 0 N–H and O–H groups in total. The summed E-state index contributed by atoms with van der Waals surface area (Å²) >= 11 is 0. The molecule has 0 spiro atoms. The molecule has 0 atom stereocenters. The quantitative estimate of drug-likeness (QED) is 0.750. The highest BCUT2D eigenvalue weighted by molar-refractivity contribution is 5.92. The average Bonchev–Trinajstić information content (AvgIpc) is 3.46. The molecule has 1 saturated carbocycles. The van der Waals surface area contributed by atoms with Crippen molar-refractivity contribution in [2.45, 2.75) is 45.8 Å². The van der Waals surface area contributed by atoms with Gasteiger partial charge in [-0.05, 0) is 25.3 Å². The van der Waals surface area contributed by atoms with Crippen molar-refractivity contribution in [2.75, 3.05) is 26.2 Å². The van der Waals surface area contributed by atoms with Gasteiger partial charge < -0.3 is 14.2 Å². The Hall–Kier alpha value is -2.67. The molecule has 0 unspecified atom stereocenters. The highest BCUT2D eigenvalue weighted by atomic mass is 16.3. The van der Waals surface area contributed by atoms with Crippen LogP contribution in [0.4, 0.5) is 0 Å². The molecule has 1 aliphatic carbocycles. The van der Waals surface area contributed by atoms with Gasteiger partial charge in [0.15, 0.2) is 5.69 Å². The average molecular weight is 396 g/mol. The third kappa shape index (κ3) is 4.85. The van der Waals surface area contributed by atoms with Crippen LogP contribution in [0.1, 0.15) is 47.3 Å². The fraction of sp³-hybridized carbons (Fsp3) is 0.500. The molecule has 2 amide bonds. The number of aromatic nitrogens is 1. The molecule has 2 heterocycles. The molecule has 1 aliphatic heterocycles. The van der Waals surface area contributed by atoms with Crippen molar-refractivity contribution in [3.05, 3.63) is 53.2 Å². The van der Waals surface area contributed by atoms with Crippen molar-refractivity contribution in [3.63, 3.8) is 0 Å². The number of nitrogens with zero attached hydrogens (tertiary/aromatic N) is 4. The molecule has 7 nitrogen and oxygen atoms in total. The Morgan fingerprint density at radius 1 is 1.14 bits per heavy atom. The Bertz CT molecular complexity index is 882. The van der Waals surface area contributed by atoms with E-state index in [2.05, 4.69) is 41.1 Å². The van der Waals surface area contributed by atoms with Crippen LogP contribution in [-0.4, -0.2) is 63.7 Å². The van der Waals surface area contributed by atoms with Gasteiger partial charge in [0, 0.05) is 45.7 Å². The second kappa shape index (κ2) is 8.37. The van der Waals surface area contributed by atoms with E-state index >= 15 is 0 Å². The molecule has 1 aromatic heterocycles. The molecule has 2 fully saturated rings. The topological polar surface area (TPSA) is 69.9 Å². The SMILES string of the molecule is CC(=O)N1CCN(C(=O)c2coc(CN(Cc3cccc(C)c3)C3CC3)n2)CC1. The molecule has 2 aliphatic rings. The van der Waals surface area contributed by atoms with Crippen LogP contribution in [0, 0.1) is 6.92 Å². The van der Waals surface area contributed by atoms with E-state index in [0.29, 0.717) is 50.4 Å². The molecule has 0 radical (unpaired) electrons. The lowest BCUT2D eigenvalue weighted by Gasteiger charge is -2.33. The summed E-state index contributed by atoms with van der Waals surface area (Å²) in [6.07, 6.45) is 3.85. The first-order chi connectivity index (χ1) is 14.0. The summed E-state index contributed by atoms with van der Waals surface area (Å²) < 4.78 is 5.64. The molecule has 2 aromatic rings. The van der Waals surface area contributed by atoms with Crippen LogP contribution in [-0.2, 0) is 17.9 Å². The molecule has 7 heteroatoms. The van der Waals surface area contributed by atoms with E-state index in [1.807, 2.05) is 0 Å². The van der Waals surface area contributed by atoms with Crippen molar-refractivity contribution in [1.82, 2.24) is 19.7 Å². The Labute approximate surface area is 171 Å². The maximum absolute atomic E-state index is 12.7. The summed E-state index contributed by atoms with van der Waals surface area (Å²) in [7, 11) is 0. The standard InChI is InChI=1S/C22H28N4O3/c1-16-4-3-5-18(12-16)13-26(19-6-7-19)14-21-23-20(15-29-21)22(28)25-10-8-24(9-11-25)17(2)27/h3-5,12,15,19H,6-11,13-14H2,1-2H3. The van der Waals surface area contributed by atoms with E-state index in [1.165, 1.54) is 30.2 Å². The van der Waals surface area contributed by atoms with Crippen molar-refractivity contribution in [3.8, 4) is 0 Å². The Morgan fingerprint density at radius 3 is 2.52 bits per heavy atom. The van der Waals surface area contributed by atoms with Gasteiger partial charge in [-0.1, -0.05) is 29.8 Å². The van der Waals surface area contributed by atoms with Crippen LogP contribution in [0.5, 0.6) is 0 Å². The number of rotatable bonds is 6. The number of benzene rings is 1. The number of hydrogen-bond donors (Lipinski definition) is 0. The van der Waals surface area contributed by atoms with E-state index in [-0.39, 0.29) is 11.8 Å². The summed E-state index contributed by atoms with van der Waals surface area (Å²) in [4.78, 5) is 34.5. The van der Waals surface area contributed by atoms with E-state index in [9.17, 15) is 9.59 Å². The first-order valence-electron chi connectivity index (χ1n) is 10.3. The van der Waals surface area contributed by atoms with Crippen LogP contribution in [0.25, 0.3) is 0 Å². The third-order valence-corrected chi connectivity index (χ3v) is 5.65. The second-order valence-corrected chi connectivity index (χ2v) is 8.05. The third-order valence-electron chi connectivity index (χ3n) is 5.65. The summed E-state index contributed by atoms with van der Waals surface area (Å²) in [5, 5.41) is 0. The van der Waals surface area contributed by atoms with Crippen LogP contribution in [0.2, 0.25) is 0 Å². The maximum atomic E-state index is 12.7.